The van der Waals surface area contributed by atoms with E-state index in [1.165, 1.54) is 18.5 Å². The van der Waals surface area contributed by atoms with Gasteiger partial charge in [0.2, 0.25) is 5.91 Å². The number of nitrogens with zero attached hydrogens (tertiary/aromatic N) is 3. The van der Waals surface area contributed by atoms with Crippen LogP contribution in [0.3, 0.4) is 0 Å². The first-order valence-corrected chi connectivity index (χ1v) is 10.3. The van der Waals surface area contributed by atoms with Crippen LogP contribution < -0.4 is 5.32 Å². The lowest BCUT2D eigenvalue weighted by molar-refractivity contribution is -0.385. The molecule has 0 spiro atoms. The van der Waals surface area contributed by atoms with Crippen LogP contribution in [-0.2, 0) is 14.3 Å². The molecular weight excluding hydrogens is 428 g/mol. The summed E-state index contributed by atoms with van der Waals surface area (Å²) in [4.78, 5) is 48.4. The fraction of sp³-hybridized carbons (Fsp3) is 0.474. The van der Waals surface area contributed by atoms with Crippen LogP contribution in [0.15, 0.2) is 6.20 Å². The van der Waals surface area contributed by atoms with Crippen LogP contribution in [0.2, 0.25) is 0 Å². The Morgan fingerprint density at radius 2 is 1.90 bits per heavy atom. The number of ether oxygens (including phenoxy) is 2. The first kappa shape index (κ1) is 24.0. The molecule has 0 aromatic carbocycles. The SMILES string of the molecule is CCOC(=O)c1sc(NC(=O)C(C)n2ncc([N+](=O)[O-])c2C)c(C(=O)OC(C)C)c1C. The summed E-state index contributed by atoms with van der Waals surface area (Å²) in [6.07, 6.45) is 0.659. The minimum Gasteiger partial charge on any atom is -0.462 e. The van der Waals surface area contributed by atoms with Gasteiger partial charge in [0, 0.05) is 0 Å². The molecule has 168 valence electrons. The van der Waals surface area contributed by atoms with Crippen LogP contribution in [0.25, 0.3) is 0 Å². The summed E-state index contributed by atoms with van der Waals surface area (Å²) < 4.78 is 11.5. The Labute approximate surface area is 182 Å². The monoisotopic (exact) mass is 452 g/mol. The maximum Gasteiger partial charge on any atom is 0.348 e. The van der Waals surface area contributed by atoms with E-state index in [0.29, 0.717) is 5.56 Å². The molecule has 2 heterocycles. The summed E-state index contributed by atoms with van der Waals surface area (Å²) in [5.41, 5.74) is 0.396. The molecular formula is C19H24N4O7S. The maximum atomic E-state index is 12.9. The molecule has 0 aliphatic rings. The number of hydrogen-bond donors (Lipinski definition) is 1. The fourth-order valence-corrected chi connectivity index (χ4v) is 3.91. The van der Waals surface area contributed by atoms with Crippen LogP contribution >= 0.6 is 11.3 Å². The lowest BCUT2D eigenvalue weighted by Gasteiger charge is -2.14. The molecule has 1 atom stereocenters. The first-order chi connectivity index (χ1) is 14.5. The van der Waals surface area contributed by atoms with E-state index in [1.807, 2.05) is 0 Å². The molecule has 0 saturated heterocycles. The second-order valence-electron chi connectivity index (χ2n) is 6.92. The van der Waals surface area contributed by atoms with Crippen LogP contribution in [0.1, 0.15) is 65.0 Å². The molecule has 1 amide bonds. The molecule has 2 rings (SSSR count). The zero-order valence-electron chi connectivity index (χ0n) is 18.0. The summed E-state index contributed by atoms with van der Waals surface area (Å²) in [6.45, 7) is 9.73. The van der Waals surface area contributed by atoms with Crippen molar-refractivity contribution in [1.29, 1.82) is 0 Å². The van der Waals surface area contributed by atoms with E-state index in [-0.39, 0.29) is 33.4 Å². The van der Waals surface area contributed by atoms with Gasteiger partial charge in [-0.3, -0.25) is 19.6 Å². The molecule has 12 heteroatoms. The van der Waals surface area contributed by atoms with Crippen molar-refractivity contribution in [2.75, 3.05) is 11.9 Å². The minimum atomic E-state index is -0.920. The Bertz CT molecular complexity index is 1020. The van der Waals surface area contributed by atoms with Gasteiger partial charge in [-0.2, -0.15) is 5.10 Å². The van der Waals surface area contributed by atoms with Crippen molar-refractivity contribution in [3.8, 4) is 0 Å². The van der Waals surface area contributed by atoms with Gasteiger partial charge in [-0.25, -0.2) is 9.59 Å². The van der Waals surface area contributed by atoms with Crippen LogP contribution in [0, 0.1) is 24.0 Å². The average Bonchev–Trinajstić information content (AvgIpc) is 3.20. The van der Waals surface area contributed by atoms with Gasteiger partial charge in [-0.05, 0) is 47.1 Å². The number of rotatable bonds is 8. The normalized spacial score (nSPS) is 11.8. The number of aromatic nitrogens is 2. The molecule has 0 fully saturated rings. The average molecular weight is 452 g/mol. The van der Waals surface area contributed by atoms with Gasteiger partial charge < -0.3 is 14.8 Å². The van der Waals surface area contributed by atoms with Crippen molar-refractivity contribution in [1.82, 2.24) is 9.78 Å². The third kappa shape index (κ3) is 5.08. The highest BCUT2D eigenvalue weighted by Gasteiger charge is 2.30. The second-order valence-corrected chi connectivity index (χ2v) is 7.94. The van der Waals surface area contributed by atoms with Gasteiger partial charge in [-0.1, -0.05) is 0 Å². The molecule has 1 N–H and O–H groups in total. The predicted molar refractivity (Wildman–Crippen MR) is 113 cm³/mol. The van der Waals surface area contributed by atoms with E-state index in [4.69, 9.17) is 9.47 Å². The van der Waals surface area contributed by atoms with Gasteiger partial charge in [0.1, 0.15) is 27.8 Å². The van der Waals surface area contributed by atoms with E-state index in [9.17, 15) is 24.5 Å². The largest absolute Gasteiger partial charge is 0.462 e. The Morgan fingerprint density at radius 1 is 1.26 bits per heavy atom. The number of esters is 2. The summed E-state index contributed by atoms with van der Waals surface area (Å²) in [5.74, 6) is -1.87. The third-order valence-electron chi connectivity index (χ3n) is 4.35. The Hall–Kier alpha value is -3.28. The van der Waals surface area contributed by atoms with Crippen LogP contribution in [0.5, 0.6) is 0 Å². The number of carbonyl (C=O) groups excluding carboxylic acids is 3. The summed E-state index contributed by atoms with van der Waals surface area (Å²) in [6, 6.07) is -0.920. The number of carbonyl (C=O) groups is 3. The van der Waals surface area contributed by atoms with E-state index in [1.54, 1.807) is 27.7 Å². The van der Waals surface area contributed by atoms with Crippen molar-refractivity contribution in [3.05, 3.63) is 38.0 Å². The molecule has 31 heavy (non-hydrogen) atoms. The smallest absolute Gasteiger partial charge is 0.348 e. The minimum absolute atomic E-state index is 0.0606. The molecule has 0 aliphatic heterocycles. The van der Waals surface area contributed by atoms with Gasteiger partial charge >= 0.3 is 17.6 Å². The maximum absolute atomic E-state index is 12.9. The summed E-state index contributed by atoms with van der Waals surface area (Å²) in [7, 11) is 0. The Morgan fingerprint density at radius 3 is 2.42 bits per heavy atom. The molecule has 0 radical (unpaired) electrons. The van der Waals surface area contributed by atoms with E-state index in [0.717, 1.165) is 17.5 Å². The number of anilines is 1. The van der Waals surface area contributed by atoms with Gasteiger partial charge in [0.15, 0.2) is 0 Å². The zero-order chi connectivity index (χ0) is 23.5. The molecule has 11 nitrogen and oxygen atoms in total. The first-order valence-electron chi connectivity index (χ1n) is 9.50. The topological polar surface area (TPSA) is 143 Å². The summed E-state index contributed by atoms with van der Waals surface area (Å²) >= 11 is 0.900. The Balaban J connectivity index is 2.41. The molecule has 2 aromatic heterocycles. The highest BCUT2D eigenvalue weighted by atomic mass is 32.1. The molecule has 0 bridgehead atoms. The highest BCUT2D eigenvalue weighted by Crippen LogP contribution is 2.35. The second kappa shape index (κ2) is 9.69. The van der Waals surface area contributed by atoms with Gasteiger partial charge in [0.25, 0.3) is 0 Å². The third-order valence-corrected chi connectivity index (χ3v) is 5.54. The van der Waals surface area contributed by atoms with Gasteiger partial charge in [-0.15, -0.1) is 11.3 Å². The quantitative estimate of drug-likeness (QED) is 0.365. The highest BCUT2D eigenvalue weighted by molar-refractivity contribution is 7.18. The van der Waals surface area contributed by atoms with Gasteiger partial charge in [0.05, 0.1) is 23.2 Å². The number of nitrogens with one attached hydrogen (secondary N) is 1. The molecule has 0 saturated carbocycles. The predicted octanol–water partition coefficient (Wildman–Crippen LogP) is 3.41. The van der Waals surface area contributed by atoms with E-state index in [2.05, 4.69) is 10.4 Å². The number of hydrogen-bond acceptors (Lipinski definition) is 9. The lowest BCUT2D eigenvalue weighted by atomic mass is 10.1. The number of thiophene rings is 1. The fourth-order valence-electron chi connectivity index (χ4n) is 2.82. The summed E-state index contributed by atoms with van der Waals surface area (Å²) in [5, 5.41) is 17.7. The van der Waals surface area contributed by atoms with Crippen LogP contribution in [0.4, 0.5) is 10.7 Å². The van der Waals surface area contributed by atoms with Crippen molar-refractivity contribution in [3.63, 3.8) is 0 Å². The number of amides is 1. The van der Waals surface area contributed by atoms with Crippen LogP contribution in [-0.4, -0.2) is 45.3 Å². The van der Waals surface area contributed by atoms with Crippen molar-refractivity contribution < 1.29 is 28.8 Å². The van der Waals surface area contributed by atoms with Crippen molar-refractivity contribution in [2.45, 2.75) is 53.7 Å². The van der Waals surface area contributed by atoms with E-state index >= 15 is 0 Å². The van der Waals surface area contributed by atoms with Crippen molar-refractivity contribution in [2.24, 2.45) is 0 Å². The molecule has 0 aliphatic carbocycles. The molecule has 2 aromatic rings. The standard InChI is InChI=1S/C19H24N4O7S/c1-7-29-19(26)15-10(4)14(18(25)30-9(2)3)17(31-15)21-16(24)12(6)22-11(5)13(8-20-22)23(27)28/h8-9,12H,7H2,1-6H3,(H,21,24). The zero-order valence-corrected chi connectivity index (χ0v) is 18.9. The molecule has 1 unspecified atom stereocenters. The Kier molecular flexibility index (Phi) is 7.50. The lowest BCUT2D eigenvalue weighted by Crippen LogP contribution is -2.26. The van der Waals surface area contributed by atoms with Crippen molar-refractivity contribution >= 4 is 39.9 Å². The van der Waals surface area contributed by atoms with E-state index < -0.39 is 34.9 Å². The number of nitro groups is 1.